The summed E-state index contributed by atoms with van der Waals surface area (Å²) in [6.07, 6.45) is -0.202. The van der Waals surface area contributed by atoms with Crippen LogP contribution in [0.2, 0.25) is 0 Å². The molecule has 0 saturated carbocycles. The minimum absolute atomic E-state index is 0.0103. The molecule has 0 radical (unpaired) electrons. The SMILES string of the molecule is COc1ccccc1SCC1CC(c2ccc(CO)cc2)OC(c2ccc(CNS(=O)(=O)c3ccccc3)cc2)O1. The van der Waals surface area contributed by atoms with Crippen molar-refractivity contribution in [3.05, 3.63) is 125 Å². The molecule has 1 saturated heterocycles. The van der Waals surface area contributed by atoms with Crippen molar-refractivity contribution in [2.75, 3.05) is 12.9 Å². The van der Waals surface area contributed by atoms with Gasteiger partial charge >= 0.3 is 0 Å². The van der Waals surface area contributed by atoms with E-state index in [0.717, 1.165) is 32.9 Å². The Morgan fingerprint density at radius 1 is 0.854 bits per heavy atom. The van der Waals surface area contributed by atoms with Crippen LogP contribution in [-0.2, 0) is 32.6 Å². The van der Waals surface area contributed by atoms with E-state index in [1.54, 1.807) is 49.2 Å². The van der Waals surface area contributed by atoms with Gasteiger partial charge in [-0.25, -0.2) is 13.1 Å². The van der Waals surface area contributed by atoms with E-state index in [4.69, 9.17) is 14.2 Å². The van der Waals surface area contributed by atoms with E-state index in [9.17, 15) is 13.5 Å². The van der Waals surface area contributed by atoms with Crippen LogP contribution < -0.4 is 9.46 Å². The molecule has 3 atom stereocenters. The largest absolute Gasteiger partial charge is 0.496 e. The lowest BCUT2D eigenvalue weighted by molar-refractivity contribution is -0.245. The number of thioether (sulfide) groups is 1. The summed E-state index contributed by atoms with van der Waals surface area (Å²) < 4.78 is 46.2. The fourth-order valence-electron chi connectivity index (χ4n) is 4.60. The molecule has 0 bridgehead atoms. The summed E-state index contributed by atoms with van der Waals surface area (Å²) in [5.41, 5.74) is 3.54. The molecule has 0 aromatic heterocycles. The lowest BCUT2D eigenvalue weighted by Crippen LogP contribution is -2.31. The molecule has 0 amide bonds. The Hall–Kier alpha value is -3.18. The first-order valence-electron chi connectivity index (χ1n) is 13.3. The summed E-state index contributed by atoms with van der Waals surface area (Å²) in [5.74, 6) is 1.54. The van der Waals surface area contributed by atoms with Crippen molar-refractivity contribution in [1.82, 2.24) is 4.72 Å². The topological polar surface area (TPSA) is 94.1 Å². The van der Waals surface area contributed by atoms with Crippen LogP contribution in [0.15, 0.2) is 113 Å². The second-order valence-electron chi connectivity index (χ2n) is 9.69. The molecule has 0 aliphatic carbocycles. The molecule has 1 fully saturated rings. The van der Waals surface area contributed by atoms with E-state index >= 15 is 0 Å². The lowest BCUT2D eigenvalue weighted by Gasteiger charge is -2.36. The highest BCUT2D eigenvalue weighted by molar-refractivity contribution is 7.99. The predicted molar refractivity (Wildman–Crippen MR) is 159 cm³/mol. The standard InChI is InChI=1S/C32H33NO6S2/c1-37-29-9-5-6-10-31(29)40-22-27-19-30(25-15-13-24(21-34)14-16-25)39-32(38-27)26-17-11-23(12-18-26)20-33-41(35,36)28-7-3-2-4-8-28/h2-18,27,30,32-34H,19-22H2,1H3. The van der Waals surface area contributed by atoms with Crippen molar-refractivity contribution in [3.8, 4) is 5.75 Å². The first-order valence-corrected chi connectivity index (χ1v) is 15.8. The van der Waals surface area contributed by atoms with Gasteiger partial charge in [-0.15, -0.1) is 11.8 Å². The van der Waals surface area contributed by atoms with Crippen LogP contribution in [0.1, 0.15) is 41.1 Å². The van der Waals surface area contributed by atoms with Crippen LogP contribution in [0.5, 0.6) is 5.75 Å². The molecule has 1 heterocycles. The quantitative estimate of drug-likeness (QED) is 0.207. The van der Waals surface area contributed by atoms with Gasteiger partial charge in [-0.05, 0) is 41.0 Å². The molecule has 4 aromatic rings. The highest BCUT2D eigenvalue weighted by Gasteiger charge is 2.32. The summed E-state index contributed by atoms with van der Waals surface area (Å²) >= 11 is 1.68. The molecule has 1 aliphatic rings. The predicted octanol–water partition coefficient (Wildman–Crippen LogP) is 6.00. The summed E-state index contributed by atoms with van der Waals surface area (Å²) in [5, 5.41) is 9.45. The van der Waals surface area contributed by atoms with E-state index in [-0.39, 0.29) is 30.3 Å². The lowest BCUT2D eigenvalue weighted by atomic mass is 10.0. The molecule has 4 aromatic carbocycles. The molecular weight excluding hydrogens is 558 g/mol. The molecule has 9 heteroatoms. The minimum atomic E-state index is -3.60. The van der Waals surface area contributed by atoms with Crippen LogP contribution in [0.25, 0.3) is 0 Å². The molecule has 41 heavy (non-hydrogen) atoms. The Morgan fingerprint density at radius 3 is 2.22 bits per heavy atom. The Morgan fingerprint density at radius 2 is 1.51 bits per heavy atom. The molecule has 5 rings (SSSR count). The van der Waals surface area contributed by atoms with E-state index < -0.39 is 16.3 Å². The fourth-order valence-corrected chi connectivity index (χ4v) is 6.68. The first kappa shape index (κ1) is 29.3. The number of methoxy groups -OCH3 is 1. The number of ether oxygens (including phenoxy) is 3. The van der Waals surface area contributed by atoms with E-state index in [2.05, 4.69) is 4.72 Å². The van der Waals surface area contributed by atoms with Crippen molar-refractivity contribution >= 4 is 21.8 Å². The van der Waals surface area contributed by atoms with Gasteiger partial charge in [0.05, 0.1) is 30.8 Å². The zero-order chi connectivity index (χ0) is 28.7. The number of para-hydroxylation sites is 1. The van der Waals surface area contributed by atoms with Gasteiger partial charge in [0.25, 0.3) is 0 Å². The van der Waals surface area contributed by atoms with Crippen LogP contribution in [0.3, 0.4) is 0 Å². The zero-order valence-electron chi connectivity index (χ0n) is 22.7. The van der Waals surface area contributed by atoms with Gasteiger partial charge in [0.1, 0.15) is 5.75 Å². The number of aliphatic hydroxyl groups excluding tert-OH is 1. The normalized spacial score (nSPS) is 19.1. The highest BCUT2D eigenvalue weighted by Crippen LogP contribution is 2.40. The maximum atomic E-state index is 12.6. The number of hydrogen-bond acceptors (Lipinski definition) is 7. The number of benzene rings is 4. The van der Waals surface area contributed by atoms with E-state index in [1.807, 2.05) is 72.8 Å². The highest BCUT2D eigenvalue weighted by atomic mass is 32.2. The molecule has 2 N–H and O–H groups in total. The van der Waals surface area contributed by atoms with Gasteiger partial charge < -0.3 is 19.3 Å². The average molecular weight is 592 g/mol. The van der Waals surface area contributed by atoms with Crippen LogP contribution >= 0.6 is 11.8 Å². The van der Waals surface area contributed by atoms with Gasteiger partial charge in [-0.1, -0.05) is 78.9 Å². The minimum Gasteiger partial charge on any atom is -0.496 e. The smallest absolute Gasteiger partial charge is 0.240 e. The third-order valence-corrected chi connectivity index (χ3v) is 9.48. The molecule has 3 unspecified atom stereocenters. The van der Waals surface area contributed by atoms with Gasteiger partial charge in [-0.2, -0.15) is 0 Å². The zero-order valence-corrected chi connectivity index (χ0v) is 24.3. The van der Waals surface area contributed by atoms with Crippen LogP contribution in [0.4, 0.5) is 0 Å². The van der Waals surface area contributed by atoms with Crippen molar-refractivity contribution in [2.24, 2.45) is 0 Å². The van der Waals surface area contributed by atoms with Crippen molar-refractivity contribution in [3.63, 3.8) is 0 Å². The monoisotopic (exact) mass is 591 g/mol. The third kappa shape index (κ3) is 7.56. The molecule has 7 nitrogen and oxygen atoms in total. The first-order chi connectivity index (χ1) is 19.9. The Bertz CT molecular complexity index is 1510. The summed E-state index contributed by atoms with van der Waals surface area (Å²) in [7, 11) is -1.93. The summed E-state index contributed by atoms with van der Waals surface area (Å²) in [4.78, 5) is 1.28. The second kappa shape index (κ2) is 13.7. The van der Waals surface area contributed by atoms with Gasteiger partial charge in [0, 0.05) is 29.2 Å². The van der Waals surface area contributed by atoms with E-state index in [1.165, 1.54) is 0 Å². The summed E-state index contributed by atoms with van der Waals surface area (Å²) in [6, 6.07) is 31.6. The van der Waals surface area contributed by atoms with Crippen molar-refractivity contribution in [2.45, 2.75) is 47.9 Å². The number of hydrogen-bond donors (Lipinski definition) is 2. The van der Waals surface area contributed by atoms with Crippen molar-refractivity contribution < 1.29 is 27.7 Å². The number of sulfonamides is 1. The average Bonchev–Trinajstić information content (AvgIpc) is 3.03. The van der Waals surface area contributed by atoms with Gasteiger partial charge in [-0.3, -0.25) is 0 Å². The Labute approximate surface area is 245 Å². The number of rotatable bonds is 11. The second-order valence-corrected chi connectivity index (χ2v) is 12.5. The van der Waals surface area contributed by atoms with Gasteiger partial charge in [0.15, 0.2) is 6.29 Å². The van der Waals surface area contributed by atoms with Crippen molar-refractivity contribution in [1.29, 1.82) is 0 Å². The summed E-state index contributed by atoms with van der Waals surface area (Å²) in [6.45, 7) is 0.158. The molecule has 0 spiro atoms. The fraction of sp³-hybridized carbons (Fsp3) is 0.250. The van der Waals surface area contributed by atoms with Crippen LogP contribution in [-0.4, -0.2) is 32.5 Å². The molecule has 1 aliphatic heterocycles. The van der Waals surface area contributed by atoms with Gasteiger partial charge in [0.2, 0.25) is 10.0 Å². The number of nitrogens with one attached hydrogen (secondary N) is 1. The Kier molecular flexibility index (Phi) is 9.76. The number of aliphatic hydroxyl groups is 1. The molecular formula is C32H33NO6S2. The third-order valence-electron chi connectivity index (χ3n) is 6.88. The van der Waals surface area contributed by atoms with E-state index in [0.29, 0.717) is 12.2 Å². The molecule has 214 valence electrons. The Balaban J connectivity index is 1.30. The maximum Gasteiger partial charge on any atom is 0.240 e. The maximum absolute atomic E-state index is 12.6. The van der Waals surface area contributed by atoms with Crippen LogP contribution in [0, 0.1) is 0 Å².